The largest absolute Gasteiger partial charge is 0.462 e. The molecular formula is C14H20O2. The van der Waals surface area contributed by atoms with Gasteiger partial charge in [-0.05, 0) is 67.6 Å². The first-order chi connectivity index (χ1) is 7.74. The van der Waals surface area contributed by atoms with Crippen LogP contribution < -0.4 is 0 Å². The molecule has 0 N–H and O–H groups in total. The number of rotatable bonds is 1. The highest BCUT2D eigenvalue weighted by molar-refractivity contribution is 5.66. The summed E-state index contributed by atoms with van der Waals surface area (Å²) >= 11 is 0. The molecule has 0 aromatic rings. The molecule has 0 amide bonds. The lowest BCUT2D eigenvalue weighted by Crippen LogP contribution is -2.37. The number of fused-ring (bicyclic) bond motifs is 9. The molecule has 0 saturated heterocycles. The molecule has 0 aromatic carbocycles. The highest BCUT2D eigenvalue weighted by atomic mass is 16.5. The number of carbonyl (C=O) groups is 1. The molecule has 4 aliphatic rings. The van der Waals surface area contributed by atoms with Crippen molar-refractivity contribution in [2.75, 3.05) is 0 Å². The molecule has 4 aliphatic carbocycles. The van der Waals surface area contributed by atoms with Crippen molar-refractivity contribution in [1.29, 1.82) is 0 Å². The van der Waals surface area contributed by atoms with Crippen LogP contribution in [0.15, 0.2) is 0 Å². The van der Waals surface area contributed by atoms with E-state index in [1.807, 2.05) is 0 Å². The van der Waals surface area contributed by atoms with Gasteiger partial charge in [0, 0.05) is 6.92 Å². The molecule has 4 bridgehead atoms. The van der Waals surface area contributed by atoms with Crippen LogP contribution in [0.25, 0.3) is 0 Å². The Balaban J connectivity index is 1.58. The van der Waals surface area contributed by atoms with Crippen LogP contribution in [0.2, 0.25) is 0 Å². The predicted molar refractivity (Wildman–Crippen MR) is 59.6 cm³/mol. The lowest BCUT2D eigenvalue weighted by molar-refractivity contribution is -0.151. The van der Waals surface area contributed by atoms with Crippen molar-refractivity contribution in [2.45, 2.75) is 45.1 Å². The monoisotopic (exact) mass is 220 g/mol. The van der Waals surface area contributed by atoms with Gasteiger partial charge in [0.25, 0.3) is 0 Å². The van der Waals surface area contributed by atoms with Crippen LogP contribution >= 0.6 is 0 Å². The zero-order valence-electron chi connectivity index (χ0n) is 9.89. The molecule has 0 aromatic heterocycles. The smallest absolute Gasteiger partial charge is 0.302 e. The van der Waals surface area contributed by atoms with Crippen LogP contribution in [-0.4, -0.2) is 12.1 Å². The second-order valence-electron chi connectivity index (χ2n) is 6.53. The van der Waals surface area contributed by atoms with E-state index in [0.717, 1.165) is 35.5 Å². The minimum Gasteiger partial charge on any atom is -0.462 e. The molecule has 4 saturated carbocycles. The number of ether oxygens (including phenoxy) is 1. The number of hydrogen-bond acceptors (Lipinski definition) is 2. The second-order valence-corrected chi connectivity index (χ2v) is 6.53. The molecule has 2 heteroatoms. The molecule has 4 fully saturated rings. The van der Waals surface area contributed by atoms with Crippen molar-refractivity contribution in [3.8, 4) is 0 Å². The summed E-state index contributed by atoms with van der Waals surface area (Å²) in [7, 11) is 0. The predicted octanol–water partition coefficient (Wildman–Crippen LogP) is 2.62. The van der Waals surface area contributed by atoms with Gasteiger partial charge in [0.15, 0.2) is 0 Å². The van der Waals surface area contributed by atoms with Gasteiger partial charge in [0.1, 0.15) is 6.10 Å². The molecule has 16 heavy (non-hydrogen) atoms. The topological polar surface area (TPSA) is 26.3 Å². The van der Waals surface area contributed by atoms with Gasteiger partial charge in [-0.3, -0.25) is 4.79 Å². The zero-order chi connectivity index (χ0) is 10.9. The lowest BCUT2D eigenvalue weighted by Gasteiger charge is -2.38. The van der Waals surface area contributed by atoms with Crippen molar-refractivity contribution in [3.63, 3.8) is 0 Å². The fourth-order valence-corrected chi connectivity index (χ4v) is 5.85. The fourth-order valence-electron chi connectivity index (χ4n) is 5.85. The van der Waals surface area contributed by atoms with E-state index >= 15 is 0 Å². The first kappa shape index (κ1) is 9.49. The van der Waals surface area contributed by atoms with Crippen LogP contribution in [0.5, 0.6) is 0 Å². The summed E-state index contributed by atoms with van der Waals surface area (Å²) in [6.45, 7) is 1.56. The normalized spacial score (nSPS) is 56.7. The van der Waals surface area contributed by atoms with Gasteiger partial charge in [0.2, 0.25) is 0 Å². The van der Waals surface area contributed by atoms with E-state index < -0.39 is 0 Å². The summed E-state index contributed by atoms with van der Waals surface area (Å²) in [5.74, 6) is 5.55. The Morgan fingerprint density at radius 3 is 2.50 bits per heavy atom. The van der Waals surface area contributed by atoms with Gasteiger partial charge in [-0.25, -0.2) is 0 Å². The molecule has 4 rings (SSSR count). The van der Waals surface area contributed by atoms with Crippen LogP contribution in [0, 0.1) is 35.5 Å². The highest BCUT2D eigenvalue weighted by Gasteiger charge is 2.63. The minimum absolute atomic E-state index is 0.0720. The van der Waals surface area contributed by atoms with E-state index in [-0.39, 0.29) is 12.1 Å². The van der Waals surface area contributed by atoms with Crippen molar-refractivity contribution >= 4 is 5.97 Å². The first-order valence-electron chi connectivity index (χ1n) is 6.91. The Kier molecular flexibility index (Phi) is 1.79. The van der Waals surface area contributed by atoms with Crippen LogP contribution in [0.4, 0.5) is 0 Å². The summed E-state index contributed by atoms with van der Waals surface area (Å²) in [6, 6.07) is 0. The van der Waals surface area contributed by atoms with E-state index in [1.165, 1.54) is 32.1 Å². The third-order valence-corrected chi connectivity index (χ3v) is 5.99. The average Bonchev–Trinajstić information content (AvgIpc) is 2.93. The Labute approximate surface area is 96.7 Å². The quantitative estimate of drug-likeness (QED) is 0.501. The van der Waals surface area contributed by atoms with Gasteiger partial charge in [-0.1, -0.05) is 0 Å². The van der Waals surface area contributed by atoms with Crippen LogP contribution in [-0.2, 0) is 9.53 Å². The van der Waals surface area contributed by atoms with Crippen molar-refractivity contribution in [2.24, 2.45) is 35.5 Å². The van der Waals surface area contributed by atoms with Gasteiger partial charge >= 0.3 is 5.97 Å². The number of carbonyl (C=O) groups excluding carboxylic acids is 1. The molecule has 0 spiro atoms. The van der Waals surface area contributed by atoms with Crippen LogP contribution in [0.3, 0.4) is 0 Å². The van der Waals surface area contributed by atoms with Crippen molar-refractivity contribution < 1.29 is 9.53 Å². The second kappa shape index (κ2) is 3.02. The van der Waals surface area contributed by atoms with E-state index in [4.69, 9.17) is 4.74 Å². The van der Waals surface area contributed by atoms with Gasteiger partial charge in [0.05, 0.1) is 0 Å². The Morgan fingerprint density at radius 2 is 1.75 bits per heavy atom. The van der Waals surface area contributed by atoms with E-state index in [0.29, 0.717) is 0 Å². The molecule has 0 radical (unpaired) electrons. The maximum atomic E-state index is 11.1. The standard InChI is InChI=1S/C14H20O2/c1-7(15)16-12-6-10-5-11(12)14-9-3-2-8(4-9)13(10)14/h8-14H,2-6H2,1H3. The average molecular weight is 220 g/mol. The summed E-state index contributed by atoms with van der Waals surface area (Å²) in [5.41, 5.74) is 0. The van der Waals surface area contributed by atoms with E-state index in [9.17, 15) is 4.79 Å². The molecule has 2 nitrogen and oxygen atoms in total. The molecule has 7 atom stereocenters. The summed E-state index contributed by atoms with van der Waals surface area (Å²) in [6.07, 6.45) is 7.27. The van der Waals surface area contributed by atoms with Crippen molar-refractivity contribution in [1.82, 2.24) is 0 Å². The number of hydrogen-bond donors (Lipinski definition) is 0. The van der Waals surface area contributed by atoms with Gasteiger partial charge in [-0.15, -0.1) is 0 Å². The first-order valence-corrected chi connectivity index (χ1v) is 6.91. The van der Waals surface area contributed by atoms with Crippen molar-refractivity contribution in [3.05, 3.63) is 0 Å². The summed E-state index contributed by atoms with van der Waals surface area (Å²) in [5, 5.41) is 0. The Morgan fingerprint density at radius 1 is 1.00 bits per heavy atom. The third kappa shape index (κ3) is 1.06. The van der Waals surface area contributed by atoms with Gasteiger partial charge in [-0.2, -0.15) is 0 Å². The molecule has 7 unspecified atom stereocenters. The minimum atomic E-state index is -0.0720. The third-order valence-electron chi connectivity index (χ3n) is 5.99. The maximum Gasteiger partial charge on any atom is 0.302 e. The Bertz CT molecular complexity index is 338. The van der Waals surface area contributed by atoms with Crippen LogP contribution in [0.1, 0.15) is 39.0 Å². The maximum absolute atomic E-state index is 11.1. The number of esters is 1. The van der Waals surface area contributed by atoms with Gasteiger partial charge < -0.3 is 4.74 Å². The lowest BCUT2D eigenvalue weighted by atomic mass is 9.70. The summed E-state index contributed by atoms with van der Waals surface area (Å²) < 4.78 is 5.52. The molecule has 0 heterocycles. The summed E-state index contributed by atoms with van der Waals surface area (Å²) in [4.78, 5) is 11.1. The molecule has 88 valence electrons. The fraction of sp³-hybridized carbons (Fsp3) is 0.929. The highest BCUT2D eigenvalue weighted by Crippen LogP contribution is 2.67. The van der Waals surface area contributed by atoms with E-state index in [1.54, 1.807) is 6.92 Å². The molecular weight excluding hydrogens is 200 g/mol. The Hall–Kier alpha value is -0.530. The molecule has 0 aliphatic heterocycles. The zero-order valence-corrected chi connectivity index (χ0v) is 9.89. The van der Waals surface area contributed by atoms with E-state index in [2.05, 4.69) is 0 Å². The SMILES string of the molecule is CC(=O)OC1CC2CC1C1C3CCC(C3)C21.